The van der Waals surface area contributed by atoms with E-state index in [4.69, 9.17) is 4.42 Å². The minimum atomic E-state index is -0.652. The Balaban J connectivity index is 1.53. The van der Waals surface area contributed by atoms with E-state index in [1.54, 1.807) is 6.92 Å². The van der Waals surface area contributed by atoms with Gasteiger partial charge in [-0.15, -0.1) is 0 Å². The maximum absolute atomic E-state index is 13.8. The zero-order valence-corrected chi connectivity index (χ0v) is 15.9. The minimum absolute atomic E-state index is 0.0520. The Morgan fingerprint density at radius 1 is 1.03 bits per heavy atom. The first-order valence-corrected chi connectivity index (χ1v) is 9.13. The summed E-state index contributed by atoms with van der Waals surface area (Å²) in [4.78, 5) is 16.8. The second-order valence-corrected chi connectivity index (χ2v) is 6.90. The van der Waals surface area contributed by atoms with Gasteiger partial charge < -0.3 is 9.73 Å². The molecule has 6 heteroatoms. The van der Waals surface area contributed by atoms with Crippen LogP contribution in [0.25, 0.3) is 22.2 Å². The highest BCUT2D eigenvalue weighted by Crippen LogP contribution is 2.24. The Morgan fingerprint density at radius 3 is 2.45 bits per heavy atom. The van der Waals surface area contributed by atoms with Crippen molar-refractivity contribution in [1.29, 1.82) is 0 Å². The van der Waals surface area contributed by atoms with E-state index >= 15 is 0 Å². The molecule has 1 unspecified atom stereocenters. The van der Waals surface area contributed by atoms with E-state index < -0.39 is 23.6 Å². The van der Waals surface area contributed by atoms with Crippen LogP contribution in [0.15, 0.2) is 65.3 Å². The average molecular weight is 392 g/mol. The van der Waals surface area contributed by atoms with E-state index in [-0.39, 0.29) is 11.3 Å². The van der Waals surface area contributed by atoms with E-state index in [1.807, 2.05) is 42.5 Å². The Bertz CT molecular complexity index is 1190. The maximum atomic E-state index is 13.8. The van der Waals surface area contributed by atoms with Gasteiger partial charge in [-0.25, -0.2) is 13.8 Å². The molecule has 4 aromatic rings. The number of fused-ring (bicyclic) bond motifs is 1. The number of aromatic nitrogens is 1. The van der Waals surface area contributed by atoms with Gasteiger partial charge in [0.25, 0.3) is 5.91 Å². The normalized spacial score (nSPS) is 12.1. The largest absolute Gasteiger partial charge is 0.444 e. The van der Waals surface area contributed by atoms with Gasteiger partial charge in [0.2, 0.25) is 5.89 Å². The molecule has 0 fully saturated rings. The lowest BCUT2D eigenvalue weighted by Gasteiger charge is -2.14. The zero-order chi connectivity index (χ0) is 20.5. The van der Waals surface area contributed by atoms with Crippen molar-refractivity contribution in [1.82, 2.24) is 10.3 Å². The van der Waals surface area contributed by atoms with Gasteiger partial charge in [-0.05, 0) is 54.4 Å². The highest BCUT2D eigenvalue weighted by molar-refractivity contribution is 5.93. The third-order valence-corrected chi connectivity index (χ3v) is 4.88. The highest BCUT2D eigenvalue weighted by atomic mass is 19.1. The van der Waals surface area contributed by atoms with Crippen molar-refractivity contribution in [3.05, 3.63) is 89.3 Å². The molecule has 0 bridgehead atoms. The molecule has 1 atom stereocenters. The number of amides is 1. The average Bonchev–Trinajstić information content (AvgIpc) is 3.21. The molecular weight excluding hydrogens is 374 g/mol. The van der Waals surface area contributed by atoms with Crippen molar-refractivity contribution >= 4 is 16.7 Å². The summed E-state index contributed by atoms with van der Waals surface area (Å²) in [6.07, 6.45) is 1.27. The molecule has 0 saturated heterocycles. The molecular formula is C23H18F2N2O2. The van der Waals surface area contributed by atoms with E-state index in [2.05, 4.69) is 10.3 Å². The third-order valence-electron chi connectivity index (χ3n) is 4.88. The molecule has 3 aromatic carbocycles. The van der Waals surface area contributed by atoms with Gasteiger partial charge in [-0.1, -0.05) is 30.3 Å². The lowest BCUT2D eigenvalue weighted by molar-refractivity contribution is 0.0934. The molecule has 4 nitrogen and oxygen atoms in total. The summed E-state index contributed by atoms with van der Waals surface area (Å²) in [5, 5.41) is 4.81. The van der Waals surface area contributed by atoms with Crippen LogP contribution < -0.4 is 5.32 Å². The smallest absolute Gasteiger partial charge is 0.273 e. The lowest BCUT2D eigenvalue weighted by atomic mass is 10.1. The first-order chi connectivity index (χ1) is 13.9. The summed E-state index contributed by atoms with van der Waals surface area (Å²) in [7, 11) is 0. The van der Waals surface area contributed by atoms with Crippen LogP contribution >= 0.6 is 0 Å². The number of rotatable bonds is 4. The molecule has 0 saturated carbocycles. The number of nitrogens with one attached hydrogen (secondary N) is 1. The quantitative estimate of drug-likeness (QED) is 0.494. The van der Waals surface area contributed by atoms with E-state index in [0.717, 1.165) is 16.3 Å². The van der Waals surface area contributed by atoms with Gasteiger partial charge >= 0.3 is 0 Å². The zero-order valence-electron chi connectivity index (χ0n) is 15.9. The van der Waals surface area contributed by atoms with Crippen LogP contribution in [0.3, 0.4) is 0 Å². The predicted molar refractivity (Wildman–Crippen MR) is 106 cm³/mol. The molecule has 4 rings (SSSR count). The van der Waals surface area contributed by atoms with Crippen LogP contribution in [0.4, 0.5) is 8.78 Å². The third kappa shape index (κ3) is 3.74. The van der Waals surface area contributed by atoms with Gasteiger partial charge in [-0.2, -0.15) is 0 Å². The minimum Gasteiger partial charge on any atom is -0.444 e. The summed E-state index contributed by atoms with van der Waals surface area (Å²) in [5.41, 5.74) is 1.12. The van der Waals surface area contributed by atoms with Crippen molar-refractivity contribution in [3.8, 4) is 11.5 Å². The highest BCUT2D eigenvalue weighted by Gasteiger charge is 2.18. The lowest BCUT2D eigenvalue weighted by Crippen LogP contribution is -2.27. The second kappa shape index (κ2) is 7.47. The molecule has 1 N–H and O–H groups in total. The molecule has 0 radical (unpaired) electrons. The van der Waals surface area contributed by atoms with Gasteiger partial charge in [0.15, 0.2) is 5.69 Å². The number of hydrogen-bond donors (Lipinski definition) is 1. The monoisotopic (exact) mass is 392 g/mol. The van der Waals surface area contributed by atoms with E-state index in [1.165, 1.54) is 25.3 Å². The molecule has 0 aliphatic carbocycles. The Hall–Kier alpha value is -3.54. The summed E-state index contributed by atoms with van der Waals surface area (Å²) in [6, 6.07) is 15.5. The molecule has 1 heterocycles. The fraction of sp³-hybridized carbons (Fsp3) is 0.130. The second-order valence-electron chi connectivity index (χ2n) is 6.90. The SMILES string of the molecule is Cc1c(F)cc(C(C)NC(=O)c2coc(-c3ccc4ccccc4c3)n2)cc1F. The van der Waals surface area contributed by atoms with Gasteiger partial charge in [-0.3, -0.25) is 4.79 Å². The van der Waals surface area contributed by atoms with Crippen molar-refractivity contribution in [3.63, 3.8) is 0 Å². The van der Waals surface area contributed by atoms with E-state index in [0.29, 0.717) is 11.5 Å². The van der Waals surface area contributed by atoms with Crippen molar-refractivity contribution in [2.75, 3.05) is 0 Å². The number of halogens is 2. The maximum Gasteiger partial charge on any atom is 0.273 e. The number of benzene rings is 3. The van der Waals surface area contributed by atoms with Crippen LogP contribution in [-0.2, 0) is 0 Å². The van der Waals surface area contributed by atoms with Crippen LogP contribution in [-0.4, -0.2) is 10.9 Å². The van der Waals surface area contributed by atoms with E-state index in [9.17, 15) is 13.6 Å². The molecule has 146 valence electrons. The number of carbonyl (C=O) groups excluding carboxylic acids is 1. The van der Waals surface area contributed by atoms with Gasteiger partial charge in [0.1, 0.15) is 17.9 Å². The Morgan fingerprint density at radius 2 is 1.72 bits per heavy atom. The number of hydrogen-bond acceptors (Lipinski definition) is 3. The van der Waals surface area contributed by atoms with Crippen molar-refractivity contribution < 1.29 is 18.0 Å². The first kappa shape index (κ1) is 18.8. The van der Waals surface area contributed by atoms with Crippen LogP contribution in [0, 0.1) is 18.6 Å². The first-order valence-electron chi connectivity index (χ1n) is 9.13. The molecule has 0 aliphatic heterocycles. The molecule has 29 heavy (non-hydrogen) atoms. The number of carbonyl (C=O) groups is 1. The van der Waals surface area contributed by atoms with Crippen LogP contribution in [0.1, 0.15) is 34.6 Å². The molecule has 0 aliphatic rings. The summed E-state index contributed by atoms with van der Waals surface area (Å²) in [6.45, 7) is 3.01. The summed E-state index contributed by atoms with van der Waals surface area (Å²) < 4.78 is 33.0. The van der Waals surface area contributed by atoms with Crippen molar-refractivity contribution in [2.45, 2.75) is 19.9 Å². The Kier molecular flexibility index (Phi) is 4.84. The molecule has 1 aromatic heterocycles. The standard InChI is InChI=1S/C23H18F2N2O2/c1-13-19(24)10-18(11-20(13)25)14(2)26-22(28)21-12-29-23(27-21)17-8-7-15-5-3-4-6-16(15)9-17/h3-12,14H,1-2H3,(H,26,28). The van der Waals surface area contributed by atoms with Crippen LogP contribution in [0.2, 0.25) is 0 Å². The fourth-order valence-electron chi connectivity index (χ4n) is 3.10. The number of oxazole rings is 1. The fourth-order valence-corrected chi connectivity index (χ4v) is 3.10. The predicted octanol–water partition coefficient (Wildman–Crippen LogP) is 5.57. The van der Waals surface area contributed by atoms with Gasteiger partial charge in [0.05, 0.1) is 6.04 Å². The summed E-state index contributed by atoms with van der Waals surface area (Å²) >= 11 is 0. The topological polar surface area (TPSA) is 55.1 Å². The van der Waals surface area contributed by atoms with Crippen LogP contribution in [0.5, 0.6) is 0 Å². The van der Waals surface area contributed by atoms with Gasteiger partial charge in [0, 0.05) is 11.1 Å². The van der Waals surface area contributed by atoms with Crippen molar-refractivity contribution in [2.24, 2.45) is 0 Å². The number of nitrogens with zero attached hydrogens (tertiary/aromatic N) is 1. The molecule has 1 amide bonds. The Labute approximate surface area is 166 Å². The molecule has 0 spiro atoms. The summed E-state index contributed by atoms with van der Waals surface area (Å²) in [5.74, 6) is -1.47.